The van der Waals surface area contributed by atoms with Gasteiger partial charge < -0.3 is 10.1 Å². The van der Waals surface area contributed by atoms with Gasteiger partial charge in [0.2, 0.25) is 0 Å². The fourth-order valence-electron chi connectivity index (χ4n) is 2.04. The van der Waals surface area contributed by atoms with Gasteiger partial charge in [0.05, 0.1) is 3.57 Å². The fourth-order valence-corrected chi connectivity index (χ4v) is 2.59. The molecule has 0 radical (unpaired) electrons. The standard InChI is InChI=1S/C13H16INO2/c14-11-7-3-4-8-12(11)17-9-13(16)15-10-5-1-2-6-10/h3-4,7-8,10H,1-2,5-6,9H2,(H,15,16). The molecule has 92 valence electrons. The summed E-state index contributed by atoms with van der Waals surface area (Å²) in [7, 11) is 0. The third-order valence-electron chi connectivity index (χ3n) is 2.92. The Hall–Kier alpha value is -0.780. The van der Waals surface area contributed by atoms with Crippen LogP contribution in [-0.2, 0) is 4.79 Å². The molecule has 0 unspecified atom stereocenters. The van der Waals surface area contributed by atoms with Crippen LogP contribution >= 0.6 is 22.6 Å². The largest absolute Gasteiger partial charge is 0.483 e. The van der Waals surface area contributed by atoms with Crippen molar-refractivity contribution < 1.29 is 9.53 Å². The molecule has 0 saturated heterocycles. The van der Waals surface area contributed by atoms with Crippen LogP contribution in [0.1, 0.15) is 25.7 Å². The normalized spacial score (nSPS) is 15.8. The number of hydrogen-bond donors (Lipinski definition) is 1. The molecule has 1 N–H and O–H groups in total. The van der Waals surface area contributed by atoms with Crippen molar-refractivity contribution in [2.75, 3.05) is 6.61 Å². The molecule has 0 bridgehead atoms. The molecule has 1 aliphatic carbocycles. The lowest BCUT2D eigenvalue weighted by Crippen LogP contribution is -2.36. The molecule has 0 heterocycles. The first-order valence-electron chi connectivity index (χ1n) is 5.92. The van der Waals surface area contributed by atoms with Gasteiger partial charge in [-0.05, 0) is 47.6 Å². The van der Waals surface area contributed by atoms with Crippen LogP contribution in [0.5, 0.6) is 5.75 Å². The Morgan fingerprint density at radius 1 is 1.35 bits per heavy atom. The molecule has 0 aromatic heterocycles. The maximum absolute atomic E-state index is 11.6. The molecule has 1 aromatic rings. The zero-order valence-electron chi connectivity index (χ0n) is 9.62. The number of rotatable bonds is 4. The molecule has 17 heavy (non-hydrogen) atoms. The summed E-state index contributed by atoms with van der Waals surface area (Å²) in [4.78, 5) is 11.6. The summed E-state index contributed by atoms with van der Waals surface area (Å²) in [6.07, 6.45) is 4.66. The van der Waals surface area contributed by atoms with Crippen molar-refractivity contribution in [1.82, 2.24) is 5.32 Å². The molecule has 1 aliphatic rings. The lowest BCUT2D eigenvalue weighted by molar-refractivity contribution is -0.123. The number of nitrogens with one attached hydrogen (secondary N) is 1. The van der Waals surface area contributed by atoms with Gasteiger partial charge >= 0.3 is 0 Å². The van der Waals surface area contributed by atoms with Crippen molar-refractivity contribution in [2.24, 2.45) is 0 Å². The van der Waals surface area contributed by atoms with Gasteiger partial charge in [0.15, 0.2) is 6.61 Å². The van der Waals surface area contributed by atoms with E-state index in [1.807, 2.05) is 24.3 Å². The summed E-state index contributed by atoms with van der Waals surface area (Å²) in [5, 5.41) is 3.00. The number of hydrogen-bond acceptors (Lipinski definition) is 2. The van der Waals surface area contributed by atoms with E-state index in [-0.39, 0.29) is 12.5 Å². The highest BCUT2D eigenvalue weighted by molar-refractivity contribution is 14.1. The van der Waals surface area contributed by atoms with Crippen molar-refractivity contribution >= 4 is 28.5 Å². The van der Waals surface area contributed by atoms with E-state index in [2.05, 4.69) is 27.9 Å². The van der Waals surface area contributed by atoms with Gasteiger partial charge in [0.1, 0.15) is 5.75 Å². The maximum Gasteiger partial charge on any atom is 0.258 e. The molecular formula is C13H16INO2. The molecule has 1 amide bonds. The van der Waals surface area contributed by atoms with Crippen LogP contribution in [0.2, 0.25) is 0 Å². The van der Waals surface area contributed by atoms with Gasteiger partial charge in [0, 0.05) is 6.04 Å². The van der Waals surface area contributed by atoms with Crippen molar-refractivity contribution in [1.29, 1.82) is 0 Å². The van der Waals surface area contributed by atoms with E-state index in [1.54, 1.807) is 0 Å². The Bertz CT molecular complexity index is 389. The molecule has 1 saturated carbocycles. The summed E-state index contributed by atoms with van der Waals surface area (Å²) in [5.41, 5.74) is 0. The van der Waals surface area contributed by atoms with E-state index in [0.717, 1.165) is 22.2 Å². The molecule has 3 nitrogen and oxygen atoms in total. The summed E-state index contributed by atoms with van der Waals surface area (Å²) in [6, 6.07) is 8.07. The second-order valence-corrected chi connectivity index (χ2v) is 5.43. The van der Waals surface area contributed by atoms with E-state index in [4.69, 9.17) is 4.74 Å². The van der Waals surface area contributed by atoms with E-state index in [9.17, 15) is 4.79 Å². The second kappa shape index (κ2) is 6.23. The number of amides is 1. The molecule has 0 aliphatic heterocycles. The molecular weight excluding hydrogens is 329 g/mol. The fraction of sp³-hybridized carbons (Fsp3) is 0.462. The zero-order valence-corrected chi connectivity index (χ0v) is 11.8. The van der Waals surface area contributed by atoms with Gasteiger partial charge in [-0.3, -0.25) is 4.79 Å². The Morgan fingerprint density at radius 3 is 2.76 bits per heavy atom. The van der Waals surface area contributed by atoms with Crippen LogP contribution in [0.3, 0.4) is 0 Å². The van der Waals surface area contributed by atoms with Gasteiger partial charge in [-0.25, -0.2) is 0 Å². The summed E-state index contributed by atoms with van der Waals surface area (Å²) >= 11 is 2.20. The Morgan fingerprint density at radius 2 is 2.06 bits per heavy atom. The van der Waals surface area contributed by atoms with Crippen molar-refractivity contribution in [3.8, 4) is 5.75 Å². The van der Waals surface area contributed by atoms with E-state index < -0.39 is 0 Å². The SMILES string of the molecule is O=C(COc1ccccc1I)NC1CCCC1. The average Bonchev–Trinajstić information content (AvgIpc) is 2.81. The monoisotopic (exact) mass is 345 g/mol. The van der Waals surface area contributed by atoms with Gasteiger partial charge in [0.25, 0.3) is 5.91 Å². The van der Waals surface area contributed by atoms with Gasteiger partial charge in [-0.2, -0.15) is 0 Å². The highest BCUT2D eigenvalue weighted by Crippen LogP contribution is 2.20. The van der Waals surface area contributed by atoms with E-state index in [1.165, 1.54) is 12.8 Å². The molecule has 0 spiro atoms. The summed E-state index contributed by atoms with van der Waals surface area (Å²) in [5.74, 6) is 0.756. The van der Waals surface area contributed by atoms with E-state index >= 15 is 0 Å². The number of halogens is 1. The summed E-state index contributed by atoms with van der Waals surface area (Å²) in [6.45, 7) is 0.108. The number of carbonyl (C=O) groups is 1. The van der Waals surface area contributed by atoms with E-state index in [0.29, 0.717) is 6.04 Å². The quantitative estimate of drug-likeness (QED) is 0.853. The average molecular weight is 345 g/mol. The van der Waals surface area contributed by atoms with Gasteiger partial charge in [-0.1, -0.05) is 25.0 Å². The highest BCUT2D eigenvalue weighted by Gasteiger charge is 2.17. The molecule has 2 rings (SSSR count). The number of benzene rings is 1. The lowest BCUT2D eigenvalue weighted by Gasteiger charge is -2.12. The van der Waals surface area contributed by atoms with Gasteiger partial charge in [-0.15, -0.1) is 0 Å². The molecule has 1 aromatic carbocycles. The number of carbonyl (C=O) groups excluding carboxylic acids is 1. The third-order valence-corrected chi connectivity index (χ3v) is 3.81. The van der Waals surface area contributed by atoms with Crippen LogP contribution in [0.4, 0.5) is 0 Å². The molecule has 1 fully saturated rings. The van der Waals surface area contributed by atoms with Crippen molar-refractivity contribution in [3.63, 3.8) is 0 Å². The molecule has 4 heteroatoms. The molecule has 0 atom stereocenters. The minimum atomic E-state index is -0.0171. The first kappa shape index (κ1) is 12.7. The second-order valence-electron chi connectivity index (χ2n) is 4.27. The highest BCUT2D eigenvalue weighted by atomic mass is 127. The van der Waals surface area contributed by atoms with Crippen molar-refractivity contribution in [3.05, 3.63) is 27.8 Å². The minimum Gasteiger partial charge on any atom is -0.483 e. The topological polar surface area (TPSA) is 38.3 Å². The van der Waals surface area contributed by atoms with Crippen LogP contribution in [0, 0.1) is 3.57 Å². The Labute approximate surface area is 115 Å². The van der Waals surface area contributed by atoms with Crippen molar-refractivity contribution in [2.45, 2.75) is 31.7 Å². The Kier molecular flexibility index (Phi) is 4.65. The van der Waals surface area contributed by atoms with Crippen LogP contribution in [0.15, 0.2) is 24.3 Å². The third kappa shape index (κ3) is 3.87. The number of para-hydroxylation sites is 1. The Balaban J connectivity index is 1.77. The van der Waals surface area contributed by atoms with Crippen LogP contribution in [-0.4, -0.2) is 18.6 Å². The first-order valence-corrected chi connectivity index (χ1v) is 7.00. The lowest BCUT2D eigenvalue weighted by atomic mass is 10.2. The van der Waals surface area contributed by atoms with Crippen LogP contribution < -0.4 is 10.1 Å². The number of ether oxygens (including phenoxy) is 1. The zero-order chi connectivity index (χ0) is 12.1. The predicted octanol–water partition coefficient (Wildman–Crippen LogP) is 2.73. The van der Waals surface area contributed by atoms with Crippen LogP contribution in [0.25, 0.3) is 0 Å². The minimum absolute atomic E-state index is 0.0171. The predicted molar refractivity (Wildman–Crippen MR) is 75.1 cm³/mol. The summed E-state index contributed by atoms with van der Waals surface area (Å²) < 4.78 is 6.52. The first-order chi connectivity index (χ1) is 8.25. The maximum atomic E-state index is 11.6. The smallest absolute Gasteiger partial charge is 0.258 e.